The Morgan fingerprint density at radius 2 is 1.56 bits per heavy atom. The number of terminal acetylenes is 1. The Morgan fingerprint density at radius 1 is 1.00 bits per heavy atom. The maximum Gasteiger partial charge on any atom is 0.220 e. The summed E-state index contributed by atoms with van der Waals surface area (Å²) in [5, 5.41) is 2.77. The van der Waals surface area contributed by atoms with Gasteiger partial charge in [-0.05, 0) is 18.9 Å². The van der Waals surface area contributed by atoms with E-state index in [9.17, 15) is 9.59 Å². The molecular weight excluding hydrogens is 326 g/mol. The molecule has 0 atom stereocenters. The summed E-state index contributed by atoms with van der Waals surface area (Å²) in [6, 6.07) is 1.61. The van der Waals surface area contributed by atoms with Gasteiger partial charge < -0.3 is 24.3 Å². The number of carbonyl (C=O) groups excluding carboxylic acids is 1. The summed E-state index contributed by atoms with van der Waals surface area (Å²) in [6.45, 7) is 4.14. The van der Waals surface area contributed by atoms with Crippen molar-refractivity contribution in [3.05, 3.63) is 21.9 Å². The Hall–Kier alpha value is -1.72. The van der Waals surface area contributed by atoms with Crippen LogP contribution < -0.4 is 10.7 Å². The Kier molecular flexibility index (Phi) is 12.5. The normalized spacial score (nSPS) is 10.8. The number of amides is 1. The lowest BCUT2D eigenvalue weighted by Crippen LogP contribution is -2.27. The van der Waals surface area contributed by atoms with Crippen LogP contribution in [0.5, 0.6) is 0 Å². The molecule has 7 heteroatoms. The molecule has 0 aromatic heterocycles. The van der Waals surface area contributed by atoms with Crippen LogP contribution in [0.4, 0.5) is 0 Å². The molecule has 0 saturated heterocycles. The van der Waals surface area contributed by atoms with Gasteiger partial charge in [0.1, 0.15) is 6.61 Å². The zero-order valence-corrected chi connectivity index (χ0v) is 14.6. The molecule has 1 aromatic carbocycles. The van der Waals surface area contributed by atoms with Crippen molar-refractivity contribution in [2.24, 2.45) is 0 Å². The number of nitrogens with one attached hydrogen (secondary N) is 1. The van der Waals surface area contributed by atoms with Crippen LogP contribution in [0.3, 0.4) is 0 Å². The van der Waals surface area contributed by atoms with Gasteiger partial charge >= 0.3 is 0 Å². The third kappa shape index (κ3) is 13.3. The van der Waals surface area contributed by atoms with Gasteiger partial charge in [0.2, 0.25) is 5.91 Å². The summed E-state index contributed by atoms with van der Waals surface area (Å²) in [7, 11) is 0. The van der Waals surface area contributed by atoms with Crippen molar-refractivity contribution in [1.82, 2.24) is 5.32 Å². The lowest BCUT2D eigenvalue weighted by Gasteiger charge is -2.07. The SMILES string of the molecule is C#CCOCCOCCOCCOCCNC(=O)CCCc1cc1=O. The maximum absolute atomic E-state index is 11.5. The van der Waals surface area contributed by atoms with E-state index in [-0.39, 0.29) is 11.3 Å². The Labute approximate surface area is 148 Å². The van der Waals surface area contributed by atoms with Gasteiger partial charge in [-0.3, -0.25) is 9.59 Å². The van der Waals surface area contributed by atoms with Crippen LogP contribution in [0, 0.1) is 12.3 Å². The first-order valence-corrected chi connectivity index (χ1v) is 8.50. The molecule has 0 heterocycles. The molecule has 25 heavy (non-hydrogen) atoms. The highest BCUT2D eigenvalue weighted by molar-refractivity contribution is 5.75. The molecule has 1 N–H and O–H groups in total. The highest BCUT2D eigenvalue weighted by Gasteiger charge is 2.08. The van der Waals surface area contributed by atoms with Crippen molar-refractivity contribution in [2.45, 2.75) is 19.3 Å². The van der Waals surface area contributed by atoms with Gasteiger partial charge in [0.25, 0.3) is 0 Å². The number of ether oxygens (including phenoxy) is 4. The van der Waals surface area contributed by atoms with E-state index in [1.54, 1.807) is 6.07 Å². The Morgan fingerprint density at radius 3 is 2.12 bits per heavy atom. The van der Waals surface area contributed by atoms with Crippen molar-refractivity contribution >= 4 is 5.91 Å². The number of carbonyl (C=O) groups is 1. The molecule has 0 saturated carbocycles. The topological polar surface area (TPSA) is 83.1 Å². The molecule has 0 aliphatic carbocycles. The van der Waals surface area contributed by atoms with Crippen LogP contribution in [0.1, 0.15) is 18.4 Å². The minimum atomic E-state index is -0.0167. The summed E-state index contributed by atoms with van der Waals surface area (Å²) in [6.07, 6.45) is 6.87. The summed E-state index contributed by atoms with van der Waals surface area (Å²) in [5.74, 6) is 2.36. The number of hydrogen-bond acceptors (Lipinski definition) is 6. The van der Waals surface area contributed by atoms with Crippen LogP contribution in [0.2, 0.25) is 0 Å². The molecule has 0 unspecified atom stereocenters. The molecule has 0 fully saturated rings. The van der Waals surface area contributed by atoms with Crippen LogP contribution >= 0.6 is 0 Å². The minimum absolute atomic E-state index is 0.0167. The van der Waals surface area contributed by atoms with E-state index in [0.29, 0.717) is 78.7 Å². The number of rotatable bonds is 17. The highest BCUT2D eigenvalue weighted by Crippen LogP contribution is 2.02. The molecular formula is C18H27NO6. The minimum Gasteiger partial charge on any atom is -0.377 e. The van der Waals surface area contributed by atoms with E-state index >= 15 is 0 Å². The van der Waals surface area contributed by atoms with Crippen molar-refractivity contribution in [3.63, 3.8) is 0 Å². The molecule has 0 radical (unpaired) electrons. The second-order valence-electron chi connectivity index (χ2n) is 5.33. The lowest BCUT2D eigenvalue weighted by molar-refractivity contribution is -0.121. The van der Waals surface area contributed by atoms with Crippen molar-refractivity contribution in [2.75, 3.05) is 59.4 Å². The molecule has 0 spiro atoms. The molecule has 0 aliphatic heterocycles. The average molecular weight is 353 g/mol. The maximum atomic E-state index is 11.5. The van der Waals surface area contributed by atoms with Crippen LogP contribution in [-0.4, -0.2) is 65.3 Å². The first-order valence-electron chi connectivity index (χ1n) is 8.50. The molecule has 0 aliphatic rings. The van der Waals surface area contributed by atoms with E-state index in [1.807, 2.05) is 0 Å². The monoisotopic (exact) mass is 353 g/mol. The van der Waals surface area contributed by atoms with Crippen LogP contribution in [0.15, 0.2) is 10.9 Å². The largest absolute Gasteiger partial charge is 0.377 e. The van der Waals surface area contributed by atoms with Gasteiger partial charge in [0.05, 0.1) is 46.2 Å². The molecule has 1 amide bonds. The van der Waals surface area contributed by atoms with Crippen LogP contribution in [-0.2, 0) is 30.2 Å². The predicted molar refractivity (Wildman–Crippen MR) is 93.1 cm³/mol. The van der Waals surface area contributed by atoms with Crippen LogP contribution in [0.25, 0.3) is 0 Å². The third-order valence-corrected chi connectivity index (χ3v) is 3.26. The van der Waals surface area contributed by atoms with Crippen molar-refractivity contribution in [1.29, 1.82) is 0 Å². The summed E-state index contributed by atoms with van der Waals surface area (Å²) >= 11 is 0. The van der Waals surface area contributed by atoms with Gasteiger partial charge in [-0.2, -0.15) is 0 Å². The first kappa shape index (κ1) is 21.3. The van der Waals surface area contributed by atoms with Gasteiger partial charge in [-0.15, -0.1) is 6.42 Å². The summed E-state index contributed by atoms with van der Waals surface area (Å²) in [5.41, 5.74) is 0.968. The molecule has 7 nitrogen and oxygen atoms in total. The Bertz CT molecular complexity index is 515. The predicted octanol–water partition coefficient (Wildman–Crippen LogP) is 0.0609. The van der Waals surface area contributed by atoms with E-state index in [0.717, 1.165) is 5.56 Å². The summed E-state index contributed by atoms with van der Waals surface area (Å²) in [4.78, 5) is 22.3. The van der Waals surface area contributed by atoms with E-state index < -0.39 is 0 Å². The second-order valence-corrected chi connectivity index (χ2v) is 5.33. The number of aryl methyl sites for hydroxylation is 1. The smallest absolute Gasteiger partial charge is 0.220 e. The van der Waals surface area contributed by atoms with Gasteiger partial charge in [0, 0.05) is 18.5 Å². The molecule has 1 aromatic rings. The average Bonchev–Trinajstić information content (AvgIpc) is 3.30. The molecule has 0 bridgehead atoms. The zero-order chi connectivity index (χ0) is 18.2. The van der Waals surface area contributed by atoms with Gasteiger partial charge in [0.15, 0.2) is 5.43 Å². The van der Waals surface area contributed by atoms with Gasteiger partial charge in [-0.25, -0.2) is 0 Å². The molecule has 140 valence electrons. The van der Waals surface area contributed by atoms with E-state index in [4.69, 9.17) is 25.4 Å². The second kappa shape index (κ2) is 14.6. The molecule has 1 rings (SSSR count). The van der Waals surface area contributed by atoms with Gasteiger partial charge in [-0.1, -0.05) is 5.92 Å². The zero-order valence-electron chi connectivity index (χ0n) is 14.6. The summed E-state index contributed by atoms with van der Waals surface area (Å²) < 4.78 is 21.0. The van der Waals surface area contributed by atoms with E-state index in [1.165, 1.54) is 0 Å². The standard InChI is InChI=1S/C18H27NO6/c1-2-7-22-9-11-24-13-14-25-12-10-23-8-6-19-18(21)5-3-4-16-15-17(16)20/h1,15H,3-14H2,(H,19,21). The van der Waals surface area contributed by atoms with E-state index in [2.05, 4.69) is 11.2 Å². The number of hydrogen-bond donors (Lipinski definition) is 1. The fourth-order valence-corrected chi connectivity index (χ4v) is 1.90. The third-order valence-electron chi connectivity index (χ3n) is 3.26. The fourth-order valence-electron chi connectivity index (χ4n) is 1.90. The highest BCUT2D eigenvalue weighted by atomic mass is 16.6. The Balaban J connectivity index is 1.72. The van der Waals surface area contributed by atoms with Crippen molar-refractivity contribution in [3.8, 4) is 12.3 Å². The lowest BCUT2D eigenvalue weighted by atomic mass is 10.2. The quantitative estimate of drug-likeness (QED) is 0.315. The van der Waals surface area contributed by atoms with Crippen molar-refractivity contribution < 1.29 is 23.7 Å². The fraction of sp³-hybridized carbons (Fsp3) is 0.667. The first-order chi connectivity index (χ1) is 12.2.